The van der Waals surface area contributed by atoms with Gasteiger partial charge in [0.2, 0.25) is 0 Å². The summed E-state index contributed by atoms with van der Waals surface area (Å²) in [4.78, 5) is 4.03. The van der Waals surface area contributed by atoms with Gasteiger partial charge in [-0.15, -0.1) is 0 Å². The average Bonchev–Trinajstić information content (AvgIpc) is 2.47. The molecule has 0 atom stereocenters. The van der Waals surface area contributed by atoms with E-state index < -0.39 is 0 Å². The van der Waals surface area contributed by atoms with Crippen molar-refractivity contribution in [3.05, 3.63) is 24.2 Å². The Balaban J connectivity index is 0.000000396. The standard InChI is InChI=1S/C8H9N3.C2H6/c1-6-7-3-4-9-5-8(7)11(2)10-6;1-2/h3-5H,1-2H3;1-2H3. The van der Waals surface area contributed by atoms with Crippen molar-refractivity contribution in [3.8, 4) is 0 Å². The molecule has 0 spiro atoms. The smallest absolute Gasteiger partial charge is 0.0865 e. The Labute approximate surface area is 78.4 Å². The van der Waals surface area contributed by atoms with Crippen LogP contribution >= 0.6 is 0 Å². The lowest BCUT2D eigenvalue weighted by Crippen LogP contribution is -1.89. The molecule has 0 radical (unpaired) electrons. The zero-order chi connectivity index (χ0) is 9.84. The van der Waals surface area contributed by atoms with Crippen molar-refractivity contribution in [1.29, 1.82) is 0 Å². The van der Waals surface area contributed by atoms with Gasteiger partial charge in [-0.2, -0.15) is 5.10 Å². The van der Waals surface area contributed by atoms with Crippen LogP contribution in [0.5, 0.6) is 0 Å². The second-order valence-corrected chi connectivity index (χ2v) is 2.60. The Morgan fingerprint density at radius 2 is 2.00 bits per heavy atom. The van der Waals surface area contributed by atoms with Gasteiger partial charge in [0, 0.05) is 18.6 Å². The SMILES string of the molecule is CC.Cc1nn(C)c2cnccc12. The third kappa shape index (κ3) is 1.69. The van der Waals surface area contributed by atoms with E-state index in [9.17, 15) is 0 Å². The molecule has 0 unspecified atom stereocenters. The van der Waals surface area contributed by atoms with Gasteiger partial charge < -0.3 is 0 Å². The predicted octanol–water partition coefficient (Wildman–Crippen LogP) is 2.30. The van der Waals surface area contributed by atoms with Crippen LogP contribution in [-0.2, 0) is 7.05 Å². The van der Waals surface area contributed by atoms with Crippen molar-refractivity contribution in [3.63, 3.8) is 0 Å². The second kappa shape index (κ2) is 4.03. The molecule has 0 saturated heterocycles. The van der Waals surface area contributed by atoms with Gasteiger partial charge in [-0.05, 0) is 13.0 Å². The Kier molecular flexibility index (Phi) is 3.01. The van der Waals surface area contributed by atoms with Crippen LogP contribution in [0.15, 0.2) is 18.5 Å². The molecule has 2 rings (SSSR count). The summed E-state index contributed by atoms with van der Waals surface area (Å²) in [5.41, 5.74) is 2.15. The van der Waals surface area contributed by atoms with Crippen LogP contribution < -0.4 is 0 Å². The molecular formula is C10H15N3. The molecule has 0 fully saturated rings. The normalized spacial score (nSPS) is 9.54. The largest absolute Gasteiger partial charge is 0.266 e. The van der Waals surface area contributed by atoms with Crippen molar-refractivity contribution in [2.24, 2.45) is 7.05 Å². The first kappa shape index (κ1) is 9.71. The molecule has 0 saturated carbocycles. The highest BCUT2D eigenvalue weighted by atomic mass is 15.3. The number of hydrogen-bond acceptors (Lipinski definition) is 2. The van der Waals surface area contributed by atoms with Crippen LogP contribution in [0.2, 0.25) is 0 Å². The molecule has 2 heterocycles. The van der Waals surface area contributed by atoms with Gasteiger partial charge in [-0.25, -0.2) is 0 Å². The molecule has 0 aromatic carbocycles. The lowest BCUT2D eigenvalue weighted by molar-refractivity contribution is 0.782. The maximum atomic E-state index is 4.27. The summed E-state index contributed by atoms with van der Waals surface area (Å²) < 4.78 is 1.84. The number of hydrogen-bond donors (Lipinski definition) is 0. The summed E-state index contributed by atoms with van der Waals surface area (Å²) in [6.45, 7) is 6.00. The number of pyridine rings is 1. The monoisotopic (exact) mass is 177 g/mol. The molecule has 2 aromatic heterocycles. The van der Waals surface area contributed by atoms with E-state index in [1.165, 1.54) is 5.39 Å². The van der Waals surface area contributed by atoms with Crippen LogP contribution in [0.1, 0.15) is 19.5 Å². The van der Waals surface area contributed by atoms with Gasteiger partial charge in [0.05, 0.1) is 17.4 Å². The minimum absolute atomic E-state index is 1.06. The van der Waals surface area contributed by atoms with Gasteiger partial charge in [-0.1, -0.05) is 13.8 Å². The summed E-state index contributed by atoms with van der Waals surface area (Å²) in [7, 11) is 1.93. The Hall–Kier alpha value is -1.38. The minimum atomic E-state index is 1.06. The summed E-state index contributed by atoms with van der Waals surface area (Å²) in [6, 6.07) is 1.98. The van der Waals surface area contributed by atoms with Crippen LogP contribution in [0.3, 0.4) is 0 Å². The first-order chi connectivity index (χ1) is 6.29. The fourth-order valence-corrected chi connectivity index (χ4v) is 1.28. The van der Waals surface area contributed by atoms with Crippen LogP contribution in [0.4, 0.5) is 0 Å². The van der Waals surface area contributed by atoms with E-state index in [-0.39, 0.29) is 0 Å². The molecule has 0 aliphatic carbocycles. The molecule has 0 aliphatic heterocycles. The van der Waals surface area contributed by atoms with Crippen molar-refractivity contribution < 1.29 is 0 Å². The van der Waals surface area contributed by atoms with Gasteiger partial charge in [-0.3, -0.25) is 9.67 Å². The zero-order valence-electron chi connectivity index (χ0n) is 8.57. The molecule has 2 aromatic rings. The van der Waals surface area contributed by atoms with E-state index in [0.29, 0.717) is 0 Å². The number of aryl methyl sites for hydroxylation is 2. The first-order valence-corrected chi connectivity index (χ1v) is 4.52. The molecule has 0 amide bonds. The third-order valence-corrected chi connectivity index (χ3v) is 1.84. The van der Waals surface area contributed by atoms with Crippen LogP contribution in [-0.4, -0.2) is 14.8 Å². The topological polar surface area (TPSA) is 30.7 Å². The maximum absolute atomic E-state index is 4.27. The molecule has 13 heavy (non-hydrogen) atoms. The van der Waals surface area contributed by atoms with Gasteiger partial charge in [0.1, 0.15) is 0 Å². The van der Waals surface area contributed by atoms with E-state index in [0.717, 1.165) is 11.2 Å². The molecule has 0 aliphatic rings. The van der Waals surface area contributed by atoms with E-state index in [4.69, 9.17) is 0 Å². The quantitative estimate of drug-likeness (QED) is 0.618. The van der Waals surface area contributed by atoms with Crippen LogP contribution in [0, 0.1) is 6.92 Å². The van der Waals surface area contributed by atoms with Gasteiger partial charge >= 0.3 is 0 Å². The van der Waals surface area contributed by atoms with E-state index in [1.54, 1.807) is 6.20 Å². The summed E-state index contributed by atoms with van der Waals surface area (Å²) in [5.74, 6) is 0. The molecule has 70 valence electrons. The molecule has 3 heteroatoms. The highest BCUT2D eigenvalue weighted by Gasteiger charge is 2.01. The zero-order valence-corrected chi connectivity index (χ0v) is 8.57. The lowest BCUT2D eigenvalue weighted by Gasteiger charge is -1.89. The molecular weight excluding hydrogens is 162 g/mol. The Morgan fingerprint density at radius 3 is 2.62 bits per heavy atom. The van der Waals surface area contributed by atoms with E-state index >= 15 is 0 Å². The van der Waals surface area contributed by atoms with Gasteiger partial charge in [0.25, 0.3) is 0 Å². The summed E-state index contributed by atoms with van der Waals surface area (Å²) in [6.07, 6.45) is 3.62. The minimum Gasteiger partial charge on any atom is -0.266 e. The Bertz CT molecular complexity index is 354. The second-order valence-electron chi connectivity index (χ2n) is 2.60. The van der Waals surface area contributed by atoms with E-state index in [2.05, 4.69) is 10.1 Å². The average molecular weight is 177 g/mol. The molecule has 0 N–H and O–H groups in total. The van der Waals surface area contributed by atoms with Crippen molar-refractivity contribution in [2.45, 2.75) is 20.8 Å². The lowest BCUT2D eigenvalue weighted by atomic mass is 10.3. The predicted molar refractivity (Wildman–Crippen MR) is 54.6 cm³/mol. The van der Waals surface area contributed by atoms with Gasteiger partial charge in [0.15, 0.2) is 0 Å². The molecule has 0 bridgehead atoms. The third-order valence-electron chi connectivity index (χ3n) is 1.84. The fourth-order valence-electron chi connectivity index (χ4n) is 1.28. The summed E-state index contributed by atoms with van der Waals surface area (Å²) >= 11 is 0. The highest BCUT2D eigenvalue weighted by molar-refractivity contribution is 5.80. The molecule has 3 nitrogen and oxygen atoms in total. The summed E-state index contributed by atoms with van der Waals surface area (Å²) in [5, 5.41) is 5.45. The Morgan fingerprint density at radius 1 is 1.31 bits per heavy atom. The number of fused-ring (bicyclic) bond motifs is 1. The maximum Gasteiger partial charge on any atom is 0.0865 e. The number of nitrogens with zero attached hydrogens (tertiary/aromatic N) is 3. The highest BCUT2D eigenvalue weighted by Crippen LogP contribution is 2.14. The fraction of sp³-hybridized carbons (Fsp3) is 0.400. The number of rotatable bonds is 0. The van der Waals surface area contributed by atoms with Crippen LogP contribution in [0.25, 0.3) is 10.9 Å². The first-order valence-electron chi connectivity index (χ1n) is 4.52. The van der Waals surface area contributed by atoms with E-state index in [1.807, 2.05) is 44.8 Å². The van der Waals surface area contributed by atoms with Crippen molar-refractivity contribution in [2.75, 3.05) is 0 Å². The van der Waals surface area contributed by atoms with Crippen molar-refractivity contribution >= 4 is 10.9 Å². The van der Waals surface area contributed by atoms with Crippen molar-refractivity contribution in [1.82, 2.24) is 14.8 Å². The number of aromatic nitrogens is 3.